The SMILES string of the molecule is CCCCCc1ccc(O)c(C(=O)NNC(=O)C(CC)CC(CCCCC)C(=O)NNC(=O)c2cc(CCCCC)ccc2O)c1. The number of nitrogens with one attached hydrogen (secondary N) is 4. The molecule has 0 aliphatic carbocycles. The van der Waals surface area contributed by atoms with Crippen molar-refractivity contribution >= 4 is 23.6 Å². The van der Waals surface area contributed by atoms with Gasteiger partial charge in [-0.3, -0.25) is 40.9 Å². The number of carbonyl (C=O) groups is 4. The van der Waals surface area contributed by atoms with Crippen molar-refractivity contribution in [2.75, 3.05) is 0 Å². The molecule has 0 saturated carbocycles. The van der Waals surface area contributed by atoms with Gasteiger partial charge in [-0.15, -0.1) is 0 Å². The van der Waals surface area contributed by atoms with Crippen molar-refractivity contribution in [3.63, 3.8) is 0 Å². The second kappa shape index (κ2) is 20.9. The van der Waals surface area contributed by atoms with Crippen molar-refractivity contribution in [2.45, 2.75) is 118 Å². The second-order valence-corrected chi connectivity index (χ2v) is 12.0. The van der Waals surface area contributed by atoms with E-state index >= 15 is 0 Å². The van der Waals surface area contributed by atoms with Crippen LogP contribution >= 0.6 is 0 Å². The fourth-order valence-electron chi connectivity index (χ4n) is 5.37. The van der Waals surface area contributed by atoms with Crippen LogP contribution in [-0.2, 0) is 22.4 Å². The minimum atomic E-state index is -0.629. The Labute approximate surface area is 274 Å². The molecule has 46 heavy (non-hydrogen) atoms. The maximum Gasteiger partial charge on any atom is 0.273 e. The highest BCUT2D eigenvalue weighted by molar-refractivity contribution is 5.99. The number of benzene rings is 2. The molecule has 0 radical (unpaired) electrons. The number of amides is 4. The first kappa shape index (κ1) is 38.1. The zero-order valence-corrected chi connectivity index (χ0v) is 28.0. The Morgan fingerprint density at radius 3 is 1.46 bits per heavy atom. The van der Waals surface area contributed by atoms with Crippen LogP contribution in [0.5, 0.6) is 11.5 Å². The number of rotatable bonds is 19. The highest BCUT2D eigenvalue weighted by atomic mass is 16.3. The summed E-state index contributed by atoms with van der Waals surface area (Å²) in [6, 6.07) is 9.82. The van der Waals surface area contributed by atoms with Crippen molar-refractivity contribution in [3.05, 3.63) is 58.7 Å². The summed E-state index contributed by atoms with van der Waals surface area (Å²) in [4.78, 5) is 52.1. The summed E-state index contributed by atoms with van der Waals surface area (Å²) in [6.07, 6.45) is 11.6. The zero-order chi connectivity index (χ0) is 33.9. The molecule has 2 rings (SSSR count). The number of phenols is 2. The summed E-state index contributed by atoms with van der Waals surface area (Å²) >= 11 is 0. The summed E-state index contributed by atoms with van der Waals surface area (Å²) in [5, 5.41) is 20.5. The number of aromatic hydroxyl groups is 2. The normalized spacial score (nSPS) is 12.2. The Bertz CT molecular complexity index is 1280. The highest BCUT2D eigenvalue weighted by Crippen LogP contribution is 2.24. The van der Waals surface area contributed by atoms with Crippen molar-refractivity contribution in [2.24, 2.45) is 11.8 Å². The van der Waals surface area contributed by atoms with Gasteiger partial charge in [0.25, 0.3) is 11.8 Å². The molecule has 0 aromatic heterocycles. The zero-order valence-electron chi connectivity index (χ0n) is 28.0. The molecular formula is C36H54N4O6. The first-order valence-electron chi connectivity index (χ1n) is 17.0. The average Bonchev–Trinajstić information content (AvgIpc) is 3.05. The minimum absolute atomic E-state index is 0.0763. The fourth-order valence-corrected chi connectivity index (χ4v) is 5.37. The Kier molecular flexibility index (Phi) is 17.3. The van der Waals surface area contributed by atoms with E-state index in [4.69, 9.17) is 0 Å². The maximum atomic E-state index is 13.3. The average molecular weight is 639 g/mol. The number of unbranched alkanes of at least 4 members (excludes halogenated alkanes) is 6. The van der Waals surface area contributed by atoms with Crippen molar-refractivity contribution in [1.82, 2.24) is 21.7 Å². The number of hydrogen-bond acceptors (Lipinski definition) is 6. The molecule has 10 nitrogen and oxygen atoms in total. The lowest BCUT2D eigenvalue weighted by Gasteiger charge is -2.22. The number of hydrogen-bond donors (Lipinski definition) is 6. The van der Waals surface area contributed by atoms with Crippen molar-refractivity contribution in [3.8, 4) is 11.5 Å². The molecule has 2 aromatic rings. The lowest BCUT2D eigenvalue weighted by atomic mass is 9.88. The van der Waals surface area contributed by atoms with Crippen LogP contribution in [0.15, 0.2) is 36.4 Å². The third-order valence-electron chi connectivity index (χ3n) is 8.31. The monoisotopic (exact) mass is 638 g/mol. The molecule has 0 saturated heterocycles. The molecule has 0 aliphatic heterocycles. The largest absolute Gasteiger partial charge is 0.507 e. The van der Waals surface area contributed by atoms with E-state index in [-0.39, 0.29) is 29.0 Å². The number of carbonyl (C=O) groups excluding carboxylic acids is 4. The first-order valence-corrected chi connectivity index (χ1v) is 17.0. The van der Waals surface area contributed by atoms with Gasteiger partial charge in [0.15, 0.2) is 0 Å². The molecule has 0 aliphatic rings. The smallest absolute Gasteiger partial charge is 0.273 e. The first-order chi connectivity index (χ1) is 22.1. The van der Waals surface area contributed by atoms with Crippen LogP contribution < -0.4 is 21.7 Å². The van der Waals surface area contributed by atoms with E-state index in [1.165, 1.54) is 12.1 Å². The highest BCUT2D eigenvalue weighted by Gasteiger charge is 2.27. The Hall–Kier alpha value is -4.08. The lowest BCUT2D eigenvalue weighted by Crippen LogP contribution is -2.47. The van der Waals surface area contributed by atoms with E-state index in [0.29, 0.717) is 12.8 Å². The van der Waals surface area contributed by atoms with E-state index in [1.807, 2.05) is 6.92 Å². The van der Waals surface area contributed by atoms with Gasteiger partial charge in [-0.05, 0) is 80.3 Å². The topological polar surface area (TPSA) is 157 Å². The van der Waals surface area contributed by atoms with Gasteiger partial charge < -0.3 is 10.2 Å². The van der Waals surface area contributed by atoms with Crippen molar-refractivity contribution < 1.29 is 29.4 Å². The molecule has 2 unspecified atom stereocenters. The Morgan fingerprint density at radius 2 is 1.02 bits per heavy atom. The third kappa shape index (κ3) is 12.7. The van der Waals surface area contributed by atoms with Gasteiger partial charge in [-0.2, -0.15) is 0 Å². The van der Waals surface area contributed by atoms with E-state index in [1.54, 1.807) is 24.3 Å². The second-order valence-electron chi connectivity index (χ2n) is 12.0. The van der Waals surface area contributed by atoms with E-state index in [0.717, 1.165) is 81.8 Å². The summed E-state index contributed by atoms with van der Waals surface area (Å²) in [5.74, 6) is -3.64. The summed E-state index contributed by atoms with van der Waals surface area (Å²) in [7, 11) is 0. The minimum Gasteiger partial charge on any atom is -0.507 e. The van der Waals surface area contributed by atoms with Crippen LogP contribution in [0.4, 0.5) is 0 Å². The fraction of sp³-hybridized carbons (Fsp3) is 0.556. The molecule has 2 atom stereocenters. The van der Waals surface area contributed by atoms with Crippen LogP contribution in [0, 0.1) is 11.8 Å². The molecular weight excluding hydrogens is 584 g/mol. The molecule has 0 bridgehead atoms. The Balaban J connectivity index is 2.03. The molecule has 6 N–H and O–H groups in total. The van der Waals surface area contributed by atoms with Crippen LogP contribution in [-0.4, -0.2) is 33.8 Å². The van der Waals surface area contributed by atoms with Gasteiger partial charge >= 0.3 is 0 Å². The molecule has 2 aromatic carbocycles. The van der Waals surface area contributed by atoms with Crippen LogP contribution in [0.2, 0.25) is 0 Å². The lowest BCUT2D eigenvalue weighted by molar-refractivity contribution is -0.129. The summed E-state index contributed by atoms with van der Waals surface area (Å²) in [5.41, 5.74) is 11.8. The number of hydrazine groups is 2. The van der Waals surface area contributed by atoms with Crippen LogP contribution in [0.3, 0.4) is 0 Å². The quantitative estimate of drug-likeness (QED) is 0.0773. The summed E-state index contributed by atoms with van der Waals surface area (Å²) in [6.45, 7) is 8.12. The number of aryl methyl sites for hydroxylation is 2. The molecule has 10 heteroatoms. The van der Waals surface area contributed by atoms with E-state index < -0.39 is 35.5 Å². The predicted octanol–water partition coefficient (Wildman–Crippen LogP) is 6.40. The molecule has 0 spiro atoms. The van der Waals surface area contributed by atoms with Gasteiger partial charge in [-0.25, -0.2) is 0 Å². The van der Waals surface area contributed by atoms with E-state index in [2.05, 4.69) is 42.5 Å². The maximum absolute atomic E-state index is 13.3. The van der Waals surface area contributed by atoms with Gasteiger partial charge in [0.05, 0.1) is 11.1 Å². The molecule has 254 valence electrons. The Morgan fingerprint density at radius 1 is 0.587 bits per heavy atom. The number of phenolic OH excluding ortho intramolecular Hbond substituents is 2. The van der Waals surface area contributed by atoms with Crippen molar-refractivity contribution in [1.29, 1.82) is 0 Å². The van der Waals surface area contributed by atoms with Gasteiger partial charge in [0.2, 0.25) is 11.8 Å². The molecule has 0 heterocycles. The molecule has 4 amide bonds. The third-order valence-corrected chi connectivity index (χ3v) is 8.31. The van der Waals surface area contributed by atoms with Crippen LogP contribution in [0.1, 0.15) is 137 Å². The van der Waals surface area contributed by atoms with E-state index in [9.17, 15) is 29.4 Å². The standard InChI is InChI=1S/C36H54N4O6/c1-5-9-12-15-25-18-20-31(41)29(22-25)35(45)39-37-33(43)27(8-4)24-28(17-14-11-7-3)34(44)38-40-36(46)30-23-26(16-13-10-6-2)19-21-32(30)42/h18-23,27-28,41-42H,5-17,24H2,1-4H3,(H,37,43)(H,38,44)(H,39,45)(H,40,46). The van der Waals surface area contributed by atoms with Gasteiger partial charge in [0.1, 0.15) is 11.5 Å². The molecule has 0 fully saturated rings. The predicted molar refractivity (Wildman–Crippen MR) is 180 cm³/mol. The van der Waals surface area contributed by atoms with Gasteiger partial charge in [0, 0.05) is 11.8 Å². The summed E-state index contributed by atoms with van der Waals surface area (Å²) < 4.78 is 0. The van der Waals surface area contributed by atoms with Gasteiger partial charge in [-0.1, -0.05) is 84.8 Å². The van der Waals surface area contributed by atoms with Crippen LogP contribution in [0.25, 0.3) is 0 Å².